The van der Waals surface area contributed by atoms with Crippen molar-refractivity contribution in [2.75, 3.05) is 33.4 Å². The standard InChI is InChI=1S/C26H28F7NO3/c1-15(17-11-18(25(28,29)30)13-19(12-17)26(31,32)33)37-24-23(16-3-5-20(27)6-4-16)21(7-9-36-24)22-14-34(2)8-10-35-22/h3-6,11-13,15,21-24H,7-10,14H2,1-2H3/t15-,21+,22+,23+,24-/m1/s1. The van der Waals surface area contributed by atoms with Crippen molar-refractivity contribution in [2.24, 2.45) is 5.92 Å². The first-order chi connectivity index (χ1) is 17.3. The lowest BCUT2D eigenvalue weighted by molar-refractivity contribution is -0.223. The Labute approximate surface area is 210 Å². The normalized spacial score (nSPS) is 26.7. The highest BCUT2D eigenvalue weighted by Crippen LogP contribution is 2.43. The number of morpholine rings is 1. The van der Waals surface area contributed by atoms with Gasteiger partial charge in [0.25, 0.3) is 0 Å². The maximum atomic E-state index is 13.7. The summed E-state index contributed by atoms with van der Waals surface area (Å²) in [7, 11) is 1.96. The molecule has 0 aromatic heterocycles. The van der Waals surface area contributed by atoms with Crippen LogP contribution in [0.3, 0.4) is 0 Å². The van der Waals surface area contributed by atoms with E-state index in [0.717, 1.165) is 6.54 Å². The van der Waals surface area contributed by atoms with E-state index < -0.39 is 47.6 Å². The number of benzene rings is 2. The average Bonchev–Trinajstić information content (AvgIpc) is 2.83. The fourth-order valence-corrected chi connectivity index (χ4v) is 5.00. The molecular weight excluding hydrogens is 507 g/mol. The van der Waals surface area contributed by atoms with Gasteiger partial charge in [-0.05, 0) is 61.9 Å². The second-order valence-corrected chi connectivity index (χ2v) is 9.56. The van der Waals surface area contributed by atoms with Crippen LogP contribution in [0.5, 0.6) is 0 Å². The molecule has 4 rings (SSSR count). The van der Waals surface area contributed by atoms with Crippen LogP contribution < -0.4 is 0 Å². The Morgan fingerprint density at radius 3 is 2.11 bits per heavy atom. The summed E-state index contributed by atoms with van der Waals surface area (Å²) in [5, 5.41) is 0. The van der Waals surface area contributed by atoms with Crippen molar-refractivity contribution >= 4 is 0 Å². The largest absolute Gasteiger partial charge is 0.416 e. The van der Waals surface area contributed by atoms with Gasteiger partial charge in [-0.25, -0.2) is 4.39 Å². The Kier molecular flexibility index (Phi) is 8.18. The number of hydrogen-bond donors (Lipinski definition) is 0. The SMILES string of the molecule is C[C@@H](O[C@H]1OCC[C@@H]([C@@H]2CN(C)CCO2)[C@@H]1c1ccc(F)cc1)c1cc(C(F)(F)F)cc(C(F)(F)F)c1. The monoisotopic (exact) mass is 535 g/mol. The van der Waals surface area contributed by atoms with Crippen molar-refractivity contribution in [1.82, 2.24) is 4.90 Å². The summed E-state index contributed by atoms with van der Waals surface area (Å²) in [5.74, 6) is -1.06. The van der Waals surface area contributed by atoms with Gasteiger partial charge >= 0.3 is 12.4 Å². The molecule has 2 aliphatic rings. The number of halogens is 7. The van der Waals surface area contributed by atoms with E-state index in [-0.39, 0.29) is 30.3 Å². The molecule has 2 aromatic rings. The number of nitrogens with zero attached hydrogens (tertiary/aromatic N) is 1. The van der Waals surface area contributed by atoms with E-state index in [2.05, 4.69) is 4.90 Å². The van der Waals surface area contributed by atoms with Crippen molar-refractivity contribution in [3.8, 4) is 0 Å². The maximum absolute atomic E-state index is 13.7. The number of likely N-dealkylation sites (N-methyl/N-ethyl adjacent to an activating group) is 1. The van der Waals surface area contributed by atoms with Crippen LogP contribution in [0.1, 0.15) is 47.6 Å². The Bertz CT molecular complexity index is 1030. The molecule has 0 saturated carbocycles. The quantitative estimate of drug-likeness (QED) is 0.414. The van der Waals surface area contributed by atoms with Gasteiger partial charge in [0.05, 0.1) is 36.5 Å². The van der Waals surface area contributed by atoms with Crippen molar-refractivity contribution < 1.29 is 44.9 Å². The molecular formula is C26H28F7NO3. The zero-order valence-electron chi connectivity index (χ0n) is 20.3. The first kappa shape index (κ1) is 27.8. The van der Waals surface area contributed by atoms with Crippen LogP contribution >= 0.6 is 0 Å². The third kappa shape index (κ3) is 6.63. The molecule has 0 unspecified atom stereocenters. The van der Waals surface area contributed by atoms with Gasteiger partial charge in [-0.1, -0.05) is 12.1 Å². The summed E-state index contributed by atoms with van der Waals surface area (Å²) in [6, 6.07) is 7.15. The Morgan fingerprint density at radius 1 is 0.919 bits per heavy atom. The smallest absolute Gasteiger partial charge is 0.375 e. The van der Waals surface area contributed by atoms with Crippen LogP contribution in [-0.2, 0) is 26.6 Å². The Hall–Kier alpha value is -2.21. The van der Waals surface area contributed by atoms with Gasteiger partial charge in [-0.2, -0.15) is 26.3 Å². The van der Waals surface area contributed by atoms with Crippen molar-refractivity contribution in [3.05, 3.63) is 70.5 Å². The van der Waals surface area contributed by atoms with Gasteiger partial charge < -0.3 is 19.1 Å². The summed E-state index contributed by atoms with van der Waals surface area (Å²) < 4.78 is 112. The first-order valence-electron chi connectivity index (χ1n) is 11.9. The molecule has 0 N–H and O–H groups in total. The predicted molar refractivity (Wildman–Crippen MR) is 120 cm³/mol. The van der Waals surface area contributed by atoms with E-state index in [9.17, 15) is 30.7 Å². The molecule has 2 aliphatic heterocycles. The van der Waals surface area contributed by atoms with Crippen LogP contribution in [0.4, 0.5) is 30.7 Å². The van der Waals surface area contributed by atoms with Crippen LogP contribution in [0, 0.1) is 11.7 Å². The predicted octanol–water partition coefficient (Wildman–Crippen LogP) is 6.42. The molecule has 2 saturated heterocycles. The first-order valence-corrected chi connectivity index (χ1v) is 11.9. The fraction of sp³-hybridized carbons (Fsp3) is 0.538. The Morgan fingerprint density at radius 2 is 1.54 bits per heavy atom. The van der Waals surface area contributed by atoms with Gasteiger partial charge in [0.15, 0.2) is 6.29 Å². The minimum Gasteiger partial charge on any atom is -0.375 e. The third-order valence-electron chi connectivity index (χ3n) is 6.93. The highest BCUT2D eigenvalue weighted by molar-refractivity contribution is 5.35. The number of hydrogen-bond acceptors (Lipinski definition) is 4. The van der Waals surface area contributed by atoms with Crippen LogP contribution in [-0.4, -0.2) is 50.6 Å². The zero-order chi connectivity index (χ0) is 27.0. The molecule has 0 bridgehead atoms. The van der Waals surface area contributed by atoms with Gasteiger partial charge in [-0.15, -0.1) is 0 Å². The molecule has 4 nitrogen and oxygen atoms in total. The number of rotatable bonds is 5. The fourth-order valence-electron chi connectivity index (χ4n) is 5.00. The minimum atomic E-state index is -4.97. The van der Waals surface area contributed by atoms with Crippen molar-refractivity contribution in [3.63, 3.8) is 0 Å². The molecule has 2 fully saturated rings. The summed E-state index contributed by atoms with van der Waals surface area (Å²) in [6.07, 6.45) is -11.7. The van der Waals surface area contributed by atoms with E-state index in [0.29, 0.717) is 37.3 Å². The van der Waals surface area contributed by atoms with Crippen molar-refractivity contribution in [1.29, 1.82) is 0 Å². The summed E-state index contributed by atoms with van der Waals surface area (Å²) in [6.45, 7) is 3.55. The summed E-state index contributed by atoms with van der Waals surface area (Å²) >= 11 is 0. The molecule has 2 heterocycles. The highest BCUT2D eigenvalue weighted by atomic mass is 19.4. The van der Waals surface area contributed by atoms with E-state index >= 15 is 0 Å². The van der Waals surface area contributed by atoms with E-state index in [1.165, 1.54) is 19.1 Å². The zero-order valence-corrected chi connectivity index (χ0v) is 20.3. The molecule has 11 heteroatoms. The minimum absolute atomic E-state index is 0.0849. The molecule has 5 atom stereocenters. The van der Waals surface area contributed by atoms with Gasteiger partial charge in [0, 0.05) is 24.9 Å². The topological polar surface area (TPSA) is 30.9 Å². The van der Waals surface area contributed by atoms with Crippen LogP contribution in [0.2, 0.25) is 0 Å². The molecule has 204 valence electrons. The summed E-state index contributed by atoms with van der Waals surface area (Å²) in [5.41, 5.74) is -2.42. The number of ether oxygens (including phenoxy) is 3. The lowest BCUT2D eigenvalue weighted by atomic mass is 9.78. The van der Waals surface area contributed by atoms with Gasteiger partial charge in [-0.3, -0.25) is 0 Å². The molecule has 0 radical (unpaired) electrons. The maximum Gasteiger partial charge on any atom is 0.416 e. The van der Waals surface area contributed by atoms with E-state index in [1.54, 1.807) is 12.1 Å². The third-order valence-corrected chi connectivity index (χ3v) is 6.93. The number of alkyl halides is 6. The lowest BCUT2D eigenvalue weighted by Gasteiger charge is -2.44. The van der Waals surface area contributed by atoms with E-state index in [4.69, 9.17) is 14.2 Å². The Balaban J connectivity index is 1.66. The highest BCUT2D eigenvalue weighted by Gasteiger charge is 2.43. The molecule has 0 spiro atoms. The van der Waals surface area contributed by atoms with Crippen molar-refractivity contribution in [2.45, 2.75) is 50.1 Å². The average molecular weight is 536 g/mol. The second-order valence-electron chi connectivity index (χ2n) is 9.56. The van der Waals surface area contributed by atoms with Crippen LogP contribution in [0.25, 0.3) is 0 Å². The second kappa shape index (κ2) is 10.9. The lowest BCUT2D eigenvalue weighted by Crippen LogP contribution is -2.49. The molecule has 37 heavy (non-hydrogen) atoms. The summed E-state index contributed by atoms with van der Waals surface area (Å²) in [4.78, 5) is 2.12. The van der Waals surface area contributed by atoms with Crippen LogP contribution in [0.15, 0.2) is 42.5 Å². The molecule has 0 amide bonds. The van der Waals surface area contributed by atoms with Gasteiger partial charge in [0.1, 0.15) is 5.82 Å². The van der Waals surface area contributed by atoms with Gasteiger partial charge in [0.2, 0.25) is 0 Å². The van der Waals surface area contributed by atoms with E-state index in [1.807, 2.05) is 7.05 Å². The molecule has 2 aromatic carbocycles. The molecule has 0 aliphatic carbocycles.